The molecule has 7 nitrogen and oxygen atoms in total. The highest BCUT2D eigenvalue weighted by molar-refractivity contribution is 7.09. The lowest BCUT2D eigenvalue weighted by atomic mass is 10.3. The molecule has 0 saturated heterocycles. The van der Waals surface area contributed by atoms with Gasteiger partial charge in [-0.3, -0.25) is 10.1 Å². The maximum Gasteiger partial charge on any atom is 0.353 e. The van der Waals surface area contributed by atoms with Gasteiger partial charge in [0.2, 0.25) is 11.6 Å². The molecule has 0 saturated carbocycles. The van der Waals surface area contributed by atoms with Crippen LogP contribution < -0.4 is 10.2 Å². The van der Waals surface area contributed by atoms with E-state index in [9.17, 15) is 10.1 Å². The van der Waals surface area contributed by atoms with E-state index in [0.29, 0.717) is 12.4 Å². The minimum atomic E-state index is -0.456. The van der Waals surface area contributed by atoms with Crippen molar-refractivity contribution in [2.45, 2.75) is 6.42 Å². The van der Waals surface area contributed by atoms with Crippen molar-refractivity contribution in [1.82, 2.24) is 9.97 Å². The number of anilines is 2. The van der Waals surface area contributed by atoms with E-state index in [1.807, 2.05) is 17.5 Å². The van der Waals surface area contributed by atoms with Crippen molar-refractivity contribution in [2.24, 2.45) is 0 Å². The molecule has 0 unspecified atom stereocenters. The van der Waals surface area contributed by atoms with E-state index >= 15 is 0 Å². The third-order valence-corrected chi connectivity index (χ3v) is 3.59. The second kappa shape index (κ2) is 6.29. The molecule has 20 heavy (non-hydrogen) atoms. The van der Waals surface area contributed by atoms with Gasteiger partial charge in [0.05, 0.1) is 4.92 Å². The monoisotopic (exact) mass is 293 g/mol. The average Bonchev–Trinajstić information content (AvgIpc) is 2.91. The second-order valence-corrected chi connectivity index (χ2v) is 5.33. The number of hydrogen-bond donors (Lipinski definition) is 1. The fraction of sp³-hybridized carbons (Fsp3) is 0.333. The maximum absolute atomic E-state index is 11.2. The third-order valence-electron chi connectivity index (χ3n) is 2.65. The van der Waals surface area contributed by atoms with Crippen LogP contribution in [0.4, 0.5) is 17.3 Å². The van der Waals surface area contributed by atoms with Crippen LogP contribution in [-0.2, 0) is 6.42 Å². The Morgan fingerprint density at radius 3 is 2.85 bits per heavy atom. The summed E-state index contributed by atoms with van der Waals surface area (Å²) in [6.45, 7) is 0.589. The molecule has 106 valence electrons. The summed E-state index contributed by atoms with van der Waals surface area (Å²) in [7, 11) is 3.43. The van der Waals surface area contributed by atoms with Gasteiger partial charge in [0.15, 0.2) is 0 Å². The Hall–Kier alpha value is -2.22. The third kappa shape index (κ3) is 3.21. The number of thiophene rings is 1. The van der Waals surface area contributed by atoms with Gasteiger partial charge in [-0.25, -0.2) is 9.97 Å². The Bertz CT molecular complexity index is 586. The minimum absolute atomic E-state index is 0.0938. The molecular formula is C12H15N5O2S. The normalized spacial score (nSPS) is 10.3. The molecule has 0 spiro atoms. The van der Waals surface area contributed by atoms with E-state index in [-0.39, 0.29) is 11.5 Å². The van der Waals surface area contributed by atoms with Gasteiger partial charge in [-0.1, -0.05) is 6.07 Å². The number of rotatable bonds is 6. The molecule has 2 aromatic rings. The fourth-order valence-corrected chi connectivity index (χ4v) is 2.46. The van der Waals surface area contributed by atoms with Gasteiger partial charge in [0.25, 0.3) is 0 Å². The molecule has 0 aliphatic carbocycles. The largest absolute Gasteiger partial charge is 0.364 e. The maximum atomic E-state index is 11.2. The van der Waals surface area contributed by atoms with Crippen molar-refractivity contribution >= 4 is 28.7 Å². The fourth-order valence-electron chi connectivity index (χ4n) is 1.75. The van der Waals surface area contributed by atoms with E-state index in [1.54, 1.807) is 30.3 Å². The summed E-state index contributed by atoms with van der Waals surface area (Å²) in [4.78, 5) is 21.5. The van der Waals surface area contributed by atoms with Crippen molar-refractivity contribution in [2.75, 3.05) is 30.9 Å². The van der Waals surface area contributed by atoms with Crippen LogP contribution in [0.3, 0.4) is 0 Å². The number of nitrogens with one attached hydrogen (secondary N) is 1. The predicted octanol–water partition coefficient (Wildman–Crippen LogP) is 2.17. The average molecular weight is 293 g/mol. The van der Waals surface area contributed by atoms with Crippen LogP contribution in [0.2, 0.25) is 0 Å². The highest BCUT2D eigenvalue weighted by Gasteiger charge is 2.23. The summed E-state index contributed by atoms with van der Waals surface area (Å²) in [6, 6.07) is 4.02. The summed E-state index contributed by atoms with van der Waals surface area (Å²) in [5.74, 6) is 0.550. The Morgan fingerprint density at radius 1 is 1.45 bits per heavy atom. The standard InChI is InChI=1S/C12H15N5O2S/c1-16(2)12-10(17(18)19)11(14-8-15-12)13-6-5-9-4-3-7-20-9/h3-4,7-8H,5-6H2,1-2H3,(H,13,14,15). The van der Waals surface area contributed by atoms with E-state index in [4.69, 9.17) is 0 Å². The van der Waals surface area contributed by atoms with Gasteiger partial charge >= 0.3 is 5.69 Å². The summed E-state index contributed by atoms with van der Waals surface area (Å²) < 4.78 is 0. The van der Waals surface area contributed by atoms with Crippen LogP contribution in [0.1, 0.15) is 4.88 Å². The molecule has 0 fully saturated rings. The van der Waals surface area contributed by atoms with Crippen LogP contribution in [0.25, 0.3) is 0 Å². The molecule has 2 aromatic heterocycles. The number of nitrogens with zero attached hydrogens (tertiary/aromatic N) is 4. The summed E-state index contributed by atoms with van der Waals surface area (Å²) in [6.07, 6.45) is 2.13. The van der Waals surface area contributed by atoms with Crippen molar-refractivity contribution in [3.05, 3.63) is 38.8 Å². The quantitative estimate of drug-likeness (QED) is 0.649. The highest BCUT2D eigenvalue weighted by Crippen LogP contribution is 2.30. The van der Waals surface area contributed by atoms with Crippen LogP contribution in [-0.4, -0.2) is 35.5 Å². The van der Waals surface area contributed by atoms with E-state index in [0.717, 1.165) is 6.42 Å². The zero-order chi connectivity index (χ0) is 14.5. The molecule has 2 rings (SSSR count). The zero-order valence-electron chi connectivity index (χ0n) is 11.2. The predicted molar refractivity (Wildman–Crippen MR) is 79.5 cm³/mol. The van der Waals surface area contributed by atoms with Crippen molar-refractivity contribution < 1.29 is 4.92 Å². The molecular weight excluding hydrogens is 278 g/mol. The van der Waals surface area contributed by atoms with E-state index in [1.165, 1.54) is 11.2 Å². The van der Waals surface area contributed by atoms with Gasteiger partial charge < -0.3 is 10.2 Å². The first kappa shape index (κ1) is 14.2. The Balaban J connectivity index is 2.14. The topological polar surface area (TPSA) is 84.2 Å². The lowest BCUT2D eigenvalue weighted by molar-refractivity contribution is -0.383. The molecule has 8 heteroatoms. The Morgan fingerprint density at radius 2 is 2.25 bits per heavy atom. The first-order chi connectivity index (χ1) is 9.59. The number of aromatic nitrogens is 2. The number of nitro groups is 1. The molecule has 2 heterocycles. The SMILES string of the molecule is CN(C)c1ncnc(NCCc2cccs2)c1[N+](=O)[O-]. The van der Waals surface area contributed by atoms with Crippen LogP contribution in [0.15, 0.2) is 23.8 Å². The summed E-state index contributed by atoms with van der Waals surface area (Å²) >= 11 is 1.66. The second-order valence-electron chi connectivity index (χ2n) is 4.30. The van der Waals surface area contributed by atoms with Gasteiger partial charge in [-0.15, -0.1) is 11.3 Å². The zero-order valence-corrected chi connectivity index (χ0v) is 12.1. The first-order valence-electron chi connectivity index (χ1n) is 6.02. The van der Waals surface area contributed by atoms with E-state index < -0.39 is 4.92 Å². The lowest BCUT2D eigenvalue weighted by Gasteiger charge is -2.13. The number of hydrogen-bond acceptors (Lipinski definition) is 7. The minimum Gasteiger partial charge on any atom is -0.364 e. The molecule has 0 aromatic carbocycles. The van der Waals surface area contributed by atoms with Crippen LogP contribution in [0.5, 0.6) is 0 Å². The summed E-state index contributed by atoms with van der Waals surface area (Å²) in [5.41, 5.74) is -0.0938. The smallest absolute Gasteiger partial charge is 0.353 e. The van der Waals surface area contributed by atoms with Crippen molar-refractivity contribution in [1.29, 1.82) is 0 Å². The summed E-state index contributed by atoms with van der Waals surface area (Å²) in [5, 5.41) is 16.2. The highest BCUT2D eigenvalue weighted by atomic mass is 32.1. The van der Waals surface area contributed by atoms with Gasteiger partial charge in [-0.2, -0.15) is 0 Å². The molecule has 0 atom stereocenters. The van der Waals surface area contributed by atoms with Crippen molar-refractivity contribution in [3.8, 4) is 0 Å². The van der Waals surface area contributed by atoms with Crippen molar-refractivity contribution in [3.63, 3.8) is 0 Å². The lowest BCUT2D eigenvalue weighted by Crippen LogP contribution is -2.16. The Kier molecular flexibility index (Phi) is 4.46. The van der Waals surface area contributed by atoms with Gasteiger partial charge in [-0.05, 0) is 17.9 Å². The molecule has 0 aliphatic heterocycles. The molecule has 0 aliphatic rings. The van der Waals surface area contributed by atoms with Crippen LogP contribution in [0, 0.1) is 10.1 Å². The molecule has 0 amide bonds. The van der Waals surface area contributed by atoms with Gasteiger partial charge in [0.1, 0.15) is 6.33 Å². The molecule has 0 radical (unpaired) electrons. The molecule has 1 N–H and O–H groups in total. The molecule has 0 bridgehead atoms. The van der Waals surface area contributed by atoms with E-state index in [2.05, 4.69) is 15.3 Å². The first-order valence-corrected chi connectivity index (χ1v) is 6.90. The Labute approximate surface area is 120 Å². The van der Waals surface area contributed by atoms with Crippen LogP contribution >= 0.6 is 11.3 Å². The van der Waals surface area contributed by atoms with Gasteiger partial charge in [0, 0.05) is 25.5 Å².